The lowest BCUT2D eigenvalue weighted by atomic mass is 9.95. The van der Waals surface area contributed by atoms with Crippen molar-refractivity contribution >= 4 is 18.0 Å². The van der Waals surface area contributed by atoms with E-state index in [1.165, 1.54) is 11.1 Å². The summed E-state index contributed by atoms with van der Waals surface area (Å²) in [7, 11) is 0. The number of nitrogens with one attached hydrogen (secondary N) is 1. The Morgan fingerprint density at radius 2 is 2.10 bits per heavy atom. The molecule has 0 aromatic carbocycles. The number of amides is 1. The number of hydrogen-bond acceptors (Lipinski definition) is 7. The van der Waals surface area contributed by atoms with Crippen molar-refractivity contribution in [1.82, 2.24) is 14.9 Å². The molecule has 0 spiro atoms. The van der Waals surface area contributed by atoms with Gasteiger partial charge >= 0.3 is 0 Å². The zero-order valence-electron chi connectivity index (χ0n) is 17.8. The average molecular weight is 402 g/mol. The summed E-state index contributed by atoms with van der Waals surface area (Å²) in [5, 5.41) is 3.18. The molecule has 2 heterocycles. The topological polar surface area (TPSA) is 114 Å². The lowest BCUT2D eigenvalue weighted by Gasteiger charge is -2.30. The van der Waals surface area contributed by atoms with Gasteiger partial charge in [-0.25, -0.2) is 9.97 Å². The normalized spacial score (nSPS) is 12.7. The second kappa shape index (κ2) is 9.65. The molecule has 0 saturated heterocycles. The molecule has 1 amide bonds. The summed E-state index contributed by atoms with van der Waals surface area (Å²) in [5.74, 6) is 1.57. The predicted octanol–water partition coefficient (Wildman–Crippen LogP) is 2.60. The van der Waals surface area contributed by atoms with Gasteiger partial charge in [0.2, 0.25) is 0 Å². The number of rotatable bonds is 9. The molecule has 1 atom stereocenters. The van der Waals surface area contributed by atoms with Crippen molar-refractivity contribution in [2.24, 2.45) is 11.7 Å². The van der Waals surface area contributed by atoms with Crippen LogP contribution in [0.25, 0.3) is 0 Å². The van der Waals surface area contributed by atoms with Crippen molar-refractivity contribution in [2.45, 2.75) is 52.6 Å². The SMILES string of the molecule is CC(C)CN(C(=O)c1cnc(C(C)(C)C)nc1NCc1ccco1)[C@H](C=O)CN. The zero-order chi connectivity index (χ0) is 21.6. The first-order valence-electron chi connectivity index (χ1n) is 9.77. The first-order valence-corrected chi connectivity index (χ1v) is 9.77. The molecule has 29 heavy (non-hydrogen) atoms. The largest absolute Gasteiger partial charge is 0.467 e. The predicted molar refractivity (Wildman–Crippen MR) is 112 cm³/mol. The van der Waals surface area contributed by atoms with E-state index in [0.29, 0.717) is 42.3 Å². The highest BCUT2D eigenvalue weighted by Crippen LogP contribution is 2.23. The summed E-state index contributed by atoms with van der Waals surface area (Å²) in [4.78, 5) is 35.4. The van der Waals surface area contributed by atoms with Gasteiger partial charge in [-0.15, -0.1) is 0 Å². The van der Waals surface area contributed by atoms with Gasteiger partial charge in [0.25, 0.3) is 5.91 Å². The average Bonchev–Trinajstić information content (AvgIpc) is 3.18. The number of carbonyl (C=O) groups is 2. The summed E-state index contributed by atoms with van der Waals surface area (Å²) in [6.45, 7) is 10.8. The second-order valence-electron chi connectivity index (χ2n) is 8.43. The van der Waals surface area contributed by atoms with Gasteiger partial charge in [0, 0.05) is 24.7 Å². The molecule has 0 aliphatic heterocycles. The summed E-state index contributed by atoms with van der Waals surface area (Å²) in [6.07, 6.45) is 3.82. The minimum Gasteiger partial charge on any atom is -0.467 e. The Hall–Kier alpha value is -2.74. The fourth-order valence-electron chi connectivity index (χ4n) is 2.79. The number of nitrogens with two attached hydrogens (primary N) is 1. The Balaban J connectivity index is 2.43. The fourth-order valence-corrected chi connectivity index (χ4v) is 2.79. The molecule has 0 aliphatic carbocycles. The Morgan fingerprint density at radius 1 is 1.38 bits per heavy atom. The number of furan rings is 1. The van der Waals surface area contributed by atoms with Gasteiger partial charge in [-0.1, -0.05) is 34.6 Å². The van der Waals surface area contributed by atoms with Crippen LogP contribution in [0.15, 0.2) is 29.0 Å². The monoisotopic (exact) mass is 401 g/mol. The summed E-state index contributed by atoms with van der Waals surface area (Å²) in [5.41, 5.74) is 5.74. The summed E-state index contributed by atoms with van der Waals surface area (Å²) in [6, 6.07) is 2.93. The van der Waals surface area contributed by atoms with E-state index in [-0.39, 0.29) is 23.8 Å². The maximum absolute atomic E-state index is 13.4. The molecule has 2 aromatic heterocycles. The molecular weight excluding hydrogens is 370 g/mol. The molecule has 0 aliphatic rings. The lowest BCUT2D eigenvalue weighted by molar-refractivity contribution is -0.111. The van der Waals surface area contributed by atoms with Crippen LogP contribution in [0.5, 0.6) is 0 Å². The number of hydrogen-bond donors (Lipinski definition) is 2. The summed E-state index contributed by atoms with van der Waals surface area (Å²) >= 11 is 0. The molecule has 0 unspecified atom stereocenters. The third kappa shape index (κ3) is 5.87. The highest BCUT2D eigenvalue weighted by atomic mass is 16.3. The van der Waals surface area contributed by atoms with E-state index >= 15 is 0 Å². The number of nitrogens with zero attached hydrogens (tertiary/aromatic N) is 3. The maximum atomic E-state index is 13.4. The molecule has 0 radical (unpaired) electrons. The minimum atomic E-state index is -0.704. The number of carbonyl (C=O) groups excluding carboxylic acids is 2. The van der Waals surface area contributed by atoms with Crippen LogP contribution in [0.3, 0.4) is 0 Å². The molecular formula is C21H31N5O3. The van der Waals surface area contributed by atoms with E-state index in [1.807, 2.05) is 40.7 Å². The van der Waals surface area contributed by atoms with Gasteiger partial charge in [-0.3, -0.25) is 4.79 Å². The molecule has 0 bridgehead atoms. The minimum absolute atomic E-state index is 0.0536. The van der Waals surface area contributed by atoms with Crippen molar-refractivity contribution in [3.8, 4) is 0 Å². The Kier molecular flexibility index (Phi) is 7.50. The van der Waals surface area contributed by atoms with Gasteiger partial charge in [-0.2, -0.15) is 0 Å². The third-order valence-electron chi connectivity index (χ3n) is 4.32. The molecule has 0 fully saturated rings. The van der Waals surface area contributed by atoms with Crippen molar-refractivity contribution in [2.75, 3.05) is 18.4 Å². The van der Waals surface area contributed by atoms with E-state index in [4.69, 9.17) is 10.2 Å². The van der Waals surface area contributed by atoms with E-state index < -0.39 is 6.04 Å². The van der Waals surface area contributed by atoms with E-state index in [9.17, 15) is 9.59 Å². The number of aldehydes is 1. The highest BCUT2D eigenvalue weighted by Gasteiger charge is 2.28. The Bertz CT molecular complexity index is 812. The number of anilines is 1. The quantitative estimate of drug-likeness (QED) is 0.621. The van der Waals surface area contributed by atoms with Crippen molar-refractivity contribution < 1.29 is 14.0 Å². The van der Waals surface area contributed by atoms with Gasteiger partial charge in [0.05, 0.1) is 18.8 Å². The van der Waals surface area contributed by atoms with Crippen molar-refractivity contribution in [3.63, 3.8) is 0 Å². The Labute approximate surface area is 171 Å². The van der Waals surface area contributed by atoms with Crippen molar-refractivity contribution in [1.29, 1.82) is 0 Å². The van der Waals surface area contributed by atoms with Gasteiger partial charge in [-0.05, 0) is 18.1 Å². The van der Waals surface area contributed by atoms with Gasteiger partial charge in [0.15, 0.2) is 0 Å². The molecule has 2 rings (SSSR count). The second-order valence-corrected chi connectivity index (χ2v) is 8.43. The number of aromatic nitrogens is 2. The zero-order valence-corrected chi connectivity index (χ0v) is 17.8. The van der Waals surface area contributed by atoms with Crippen LogP contribution >= 0.6 is 0 Å². The van der Waals surface area contributed by atoms with Crippen LogP contribution in [-0.4, -0.2) is 46.2 Å². The lowest BCUT2D eigenvalue weighted by Crippen LogP contribution is -2.47. The summed E-state index contributed by atoms with van der Waals surface area (Å²) < 4.78 is 5.36. The molecule has 3 N–H and O–H groups in total. The molecule has 2 aromatic rings. The van der Waals surface area contributed by atoms with Crippen LogP contribution in [0, 0.1) is 5.92 Å². The van der Waals surface area contributed by atoms with Crippen LogP contribution < -0.4 is 11.1 Å². The van der Waals surface area contributed by atoms with E-state index in [2.05, 4.69) is 15.3 Å². The van der Waals surface area contributed by atoms with Crippen LogP contribution in [-0.2, 0) is 16.8 Å². The van der Waals surface area contributed by atoms with Gasteiger partial charge < -0.3 is 25.2 Å². The standard InChI is InChI=1S/C21H31N5O3/c1-14(2)12-26(15(9-22)13-27)19(28)17-11-24-20(21(3,4)5)25-18(17)23-10-16-7-6-8-29-16/h6-8,11,13-15H,9-10,12,22H2,1-5H3,(H,23,24,25)/t15-/m0/s1. The molecule has 8 heteroatoms. The maximum Gasteiger partial charge on any atom is 0.259 e. The molecule has 0 saturated carbocycles. The molecule has 8 nitrogen and oxygen atoms in total. The smallest absolute Gasteiger partial charge is 0.259 e. The van der Waals surface area contributed by atoms with Crippen LogP contribution in [0.4, 0.5) is 5.82 Å². The first-order chi connectivity index (χ1) is 13.7. The van der Waals surface area contributed by atoms with E-state index in [1.54, 1.807) is 12.3 Å². The van der Waals surface area contributed by atoms with Crippen LogP contribution in [0.2, 0.25) is 0 Å². The first kappa shape index (κ1) is 22.5. The van der Waals surface area contributed by atoms with Crippen LogP contribution in [0.1, 0.15) is 56.6 Å². The third-order valence-corrected chi connectivity index (χ3v) is 4.32. The fraction of sp³-hybridized carbons (Fsp3) is 0.524. The highest BCUT2D eigenvalue weighted by molar-refractivity contribution is 5.99. The van der Waals surface area contributed by atoms with Crippen molar-refractivity contribution in [3.05, 3.63) is 41.7 Å². The Morgan fingerprint density at radius 3 is 2.62 bits per heavy atom. The van der Waals surface area contributed by atoms with E-state index in [0.717, 1.165) is 0 Å². The van der Waals surface area contributed by atoms with Gasteiger partial charge in [0.1, 0.15) is 29.3 Å². The molecule has 158 valence electrons.